The van der Waals surface area contributed by atoms with E-state index in [1.54, 1.807) is 7.11 Å². The molecule has 0 saturated heterocycles. The van der Waals surface area contributed by atoms with Gasteiger partial charge in [-0.15, -0.1) is 0 Å². The number of nitrogens with one attached hydrogen (secondary N) is 1. The average molecular weight is 272 g/mol. The molecule has 2 aromatic rings. The predicted octanol–water partition coefficient (Wildman–Crippen LogP) is 2.99. The van der Waals surface area contributed by atoms with Crippen LogP contribution < -0.4 is 15.0 Å². The summed E-state index contributed by atoms with van der Waals surface area (Å²) in [5.41, 5.74) is 1.05. The van der Waals surface area contributed by atoms with Crippen LogP contribution >= 0.6 is 0 Å². The molecule has 0 aliphatic heterocycles. The first kappa shape index (κ1) is 14.1. The van der Waals surface area contributed by atoms with E-state index in [0.717, 1.165) is 35.4 Å². The summed E-state index contributed by atoms with van der Waals surface area (Å²) < 4.78 is 5.17. The first-order valence-electron chi connectivity index (χ1n) is 6.61. The summed E-state index contributed by atoms with van der Waals surface area (Å²) in [5, 5.41) is 3.22. The van der Waals surface area contributed by atoms with Gasteiger partial charge in [-0.25, -0.2) is 9.97 Å². The lowest BCUT2D eigenvalue weighted by Gasteiger charge is -2.19. The van der Waals surface area contributed by atoms with Crippen molar-refractivity contribution in [2.75, 3.05) is 30.9 Å². The Morgan fingerprint density at radius 1 is 1.20 bits per heavy atom. The Labute approximate surface area is 119 Å². The molecule has 0 unspecified atom stereocenters. The van der Waals surface area contributed by atoms with Crippen LogP contribution in [0.25, 0.3) is 0 Å². The largest absolute Gasteiger partial charge is 0.497 e. The smallest absolute Gasteiger partial charge is 0.138 e. The van der Waals surface area contributed by atoms with E-state index in [0.29, 0.717) is 0 Å². The third-order valence-electron chi connectivity index (χ3n) is 2.99. The predicted molar refractivity (Wildman–Crippen MR) is 82.0 cm³/mol. The molecule has 5 nitrogen and oxygen atoms in total. The van der Waals surface area contributed by atoms with Gasteiger partial charge < -0.3 is 15.0 Å². The van der Waals surface area contributed by atoms with Gasteiger partial charge in [0.05, 0.1) is 7.11 Å². The molecule has 1 aromatic heterocycles. The van der Waals surface area contributed by atoms with Gasteiger partial charge in [0.15, 0.2) is 0 Å². The minimum absolute atomic E-state index is 0.749. The van der Waals surface area contributed by atoms with Crippen LogP contribution in [0.1, 0.15) is 12.7 Å². The van der Waals surface area contributed by atoms with Gasteiger partial charge in [-0.3, -0.25) is 0 Å². The molecule has 0 saturated carbocycles. The maximum Gasteiger partial charge on any atom is 0.138 e. The Bertz CT molecular complexity index is 569. The zero-order valence-corrected chi connectivity index (χ0v) is 12.3. The fraction of sp³-hybridized carbons (Fsp3) is 0.333. The quantitative estimate of drug-likeness (QED) is 0.906. The fourth-order valence-electron chi connectivity index (χ4n) is 1.93. The second-order valence-electron chi connectivity index (χ2n) is 4.45. The van der Waals surface area contributed by atoms with Crippen LogP contribution in [-0.4, -0.2) is 30.7 Å². The van der Waals surface area contributed by atoms with E-state index in [-0.39, 0.29) is 0 Å². The Morgan fingerprint density at radius 3 is 2.50 bits per heavy atom. The molecule has 20 heavy (non-hydrogen) atoms. The van der Waals surface area contributed by atoms with Crippen LogP contribution in [0.2, 0.25) is 0 Å². The molecule has 1 aromatic carbocycles. The van der Waals surface area contributed by atoms with Crippen LogP contribution in [0.3, 0.4) is 0 Å². The summed E-state index contributed by atoms with van der Waals surface area (Å²) in [4.78, 5) is 10.9. The monoisotopic (exact) mass is 272 g/mol. The molecule has 106 valence electrons. The van der Waals surface area contributed by atoms with Crippen LogP contribution in [0.15, 0.2) is 30.3 Å². The molecular weight excluding hydrogens is 252 g/mol. The van der Waals surface area contributed by atoms with Gasteiger partial charge in [0.25, 0.3) is 0 Å². The number of ether oxygens (including phenoxy) is 1. The number of hydrogen-bond acceptors (Lipinski definition) is 5. The zero-order chi connectivity index (χ0) is 14.5. The highest BCUT2D eigenvalue weighted by molar-refractivity contribution is 5.62. The van der Waals surface area contributed by atoms with Crippen molar-refractivity contribution in [3.05, 3.63) is 36.2 Å². The Kier molecular flexibility index (Phi) is 4.40. The molecule has 0 amide bonds. The topological polar surface area (TPSA) is 50.3 Å². The van der Waals surface area contributed by atoms with E-state index in [9.17, 15) is 0 Å². The van der Waals surface area contributed by atoms with Gasteiger partial charge in [-0.2, -0.15) is 0 Å². The minimum Gasteiger partial charge on any atom is -0.497 e. The van der Waals surface area contributed by atoms with Crippen LogP contribution in [-0.2, 0) is 0 Å². The average Bonchev–Trinajstić information content (AvgIpc) is 2.46. The number of nitrogens with zero attached hydrogens (tertiary/aromatic N) is 3. The van der Waals surface area contributed by atoms with Crippen molar-refractivity contribution < 1.29 is 4.74 Å². The Morgan fingerprint density at radius 2 is 1.90 bits per heavy atom. The number of hydrogen-bond donors (Lipinski definition) is 1. The van der Waals surface area contributed by atoms with Gasteiger partial charge in [0.1, 0.15) is 23.2 Å². The van der Waals surface area contributed by atoms with E-state index in [4.69, 9.17) is 4.74 Å². The van der Waals surface area contributed by atoms with Gasteiger partial charge in [0.2, 0.25) is 0 Å². The highest BCUT2D eigenvalue weighted by atomic mass is 16.5. The first-order chi connectivity index (χ1) is 9.63. The summed E-state index contributed by atoms with van der Waals surface area (Å²) in [5.74, 6) is 3.29. The molecule has 0 radical (unpaired) electrons. The van der Waals surface area contributed by atoms with Gasteiger partial charge in [0, 0.05) is 25.3 Å². The number of benzene rings is 1. The van der Waals surface area contributed by atoms with Gasteiger partial charge in [-0.05, 0) is 38.1 Å². The summed E-state index contributed by atoms with van der Waals surface area (Å²) in [6, 6.07) is 9.82. The van der Waals surface area contributed by atoms with E-state index < -0.39 is 0 Å². The van der Waals surface area contributed by atoms with E-state index >= 15 is 0 Å². The highest BCUT2D eigenvalue weighted by Crippen LogP contribution is 2.25. The van der Waals surface area contributed by atoms with Crippen LogP contribution in [0.5, 0.6) is 5.75 Å². The maximum absolute atomic E-state index is 5.17. The maximum atomic E-state index is 5.17. The molecule has 1 heterocycles. The zero-order valence-electron chi connectivity index (χ0n) is 12.3. The molecule has 0 aliphatic rings. The van der Waals surface area contributed by atoms with Gasteiger partial charge in [-0.1, -0.05) is 0 Å². The third kappa shape index (κ3) is 3.17. The summed E-state index contributed by atoms with van der Waals surface area (Å²) >= 11 is 0. The van der Waals surface area contributed by atoms with E-state index in [2.05, 4.69) is 15.3 Å². The van der Waals surface area contributed by atoms with Crippen molar-refractivity contribution in [3.63, 3.8) is 0 Å². The van der Waals surface area contributed by atoms with E-state index in [1.165, 1.54) is 0 Å². The number of aryl methyl sites for hydroxylation is 1. The molecular formula is C15H20N4O. The van der Waals surface area contributed by atoms with Crippen molar-refractivity contribution in [2.45, 2.75) is 13.8 Å². The van der Waals surface area contributed by atoms with Crippen LogP contribution in [0, 0.1) is 6.92 Å². The lowest BCUT2D eigenvalue weighted by atomic mass is 10.3. The fourth-order valence-corrected chi connectivity index (χ4v) is 1.93. The number of methoxy groups -OCH3 is 1. The summed E-state index contributed by atoms with van der Waals surface area (Å²) in [6.07, 6.45) is 0. The molecule has 2 rings (SSSR count). The summed E-state index contributed by atoms with van der Waals surface area (Å²) in [7, 11) is 3.65. The van der Waals surface area contributed by atoms with Gasteiger partial charge >= 0.3 is 0 Å². The van der Waals surface area contributed by atoms with Crippen molar-refractivity contribution in [2.24, 2.45) is 0 Å². The summed E-state index contributed by atoms with van der Waals surface area (Å²) in [6.45, 7) is 4.78. The van der Waals surface area contributed by atoms with Crippen molar-refractivity contribution in [3.8, 4) is 5.75 Å². The highest BCUT2D eigenvalue weighted by Gasteiger charge is 2.08. The molecule has 5 heteroatoms. The van der Waals surface area contributed by atoms with Crippen molar-refractivity contribution in [1.29, 1.82) is 0 Å². The van der Waals surface area contributed by atoms with Crippen molar-refractivity contribution >= 4 is 17.3 Å². The third-order valence-corrected chi connectivity index (χ3v) is 2.99. The standard InChI is InChI=1S/C15H20N4O/c1-5-16-14-10-15(18-11(2)17-14)19(3)12-6-8-13(20-4)9-7-12/h6-10H,5H2,1-4H3,(H,16,17,18). The van der Waals surface area contributed by atoms with E-state index in [1.807, 2.05) is 56.1 Å². The Hall–Kier alpha value is -2.30. The molecule has 0 aliphatic carbocycles. The lowest BCUT2D eigenvalue weighted by molar-refractivity contribution is 0.415. The molecule has 0 fully saturated rings. The number of aromatic nitrogens is 2. The molecule has 1 N–H and O–H groups in total. The number of anilines is 3. The minimum atomic E-state index is 0.749. The second-order valence-corrected chi connectivity index (χ2v) is 4.45. The SMILES string of the molecule is CCNc1cc(N(C)c2ccc(OC)cc2)nc(C)n1. The molecule has 0 atom stereocenters. The number of rotatable bonds is 5. The van der Waals surface area contributed by atoms with Crippen molar-refractivity contribution in [1.82, 2.24) is 9.97 Å². The van der Waals surface area contributed by atoms with Crippen LogP contribution in [0.4, 0.5) is 17.3 Å². The molecule has 0 bridgehead atoms. The second kappa shape index (κ2) is 6.23. The first-order valence-corrected chi connectivity index (χ1v) is 6.61. The lowest BCUT2D eigenvalue weighted by Crippen LogP contribution is -2.13. The Balaban J connectivity index is 2.29. The molecule has 0 spiro atoms. The normalized spacial score (nSPS) is 10.2.